The molecule has 1 aromatic carbocycles. The van der Waals surface area contributed by atoms with Crippen LogP contribution in [0.15, 0.2) is 30.3 Å². The molecule has 0 radical (unpaired) electrons. The number of rotatable bonds is 24. The summed E-state index contributed by atoms with van der Waals surface area (Å²) in [5.74, 6) is -5.92. The number of nitrogens with two attached hydrogens (primary N) is 3. The molecule has 0 fully saturated rings. The number of amides is 2. The maximum absolute atomic E-state index is 13.5. The fourth-order valence-electron chi connectivity index (χ4n) is 4.73. The van der Waals surface area contributed by atoms with Crippen LogP contribution in [0.3, 0.4) is 0 Å². The van der Waals surface area contributed by atoms with E-state index in [1.165, 1.54) is 0 Å². The van der Waals surface area contributed by atoms with Crippen molar-refractivity contribution in [3.63, 3.8) is 0 Å². The third-order valence-corrected chi connectivity index (χ3v) is 10.6. The Labute approximate surface area is 281 Å². The van der Waals surface area contributed by atoms with E-state index in [-0.39, 0.29) is 31.6 Å². The van der Waals surface area contributed by atoms with Crippen molar-refractivity contribution in [1.29, 1.82) is 5.41 Å². The molecule has 0 saturated carbocycles. The molecule has 2 amide bonds. The summed E-state index contributed by atoms with van der Waals surface area (Å²) in [6.07, 6.45) is 1.02. The number of carboxylic acid groups (broad SMARTS) is 2. The molecule has 6 atom stereocenters. The van der Waals surface area contributed by atoms with Crippen molar-refractivity contribution in [2.45, 2.75) is 88.0 Å². The van der Waals surface area contributed by atoms with Gasteiger partial charge in [0.05, 0.1) is 0 Å². The van der Waals surface area contributed by atoms with Crippen LogP contribution in [0.25, 0.3) is 0 Å². The Morgan fingerprint density at radius 3 is 2.09 bits per heavy atom. The van der Waals surface area contributed by atoms with Gasteiger partial charge >= 0.3 is 282 Å². The molecule has 262 valence electrons. The molecule has 16 heteroatoms. The molecule has 0 aliphatic heterocycles. The molecule has 2 unspecified atom stereocenters. The minimum atomic E-state index is -1.95. The van der Waals surface area contributed by atoms with Gasteiger partial charge in [-0.2, -0.15) is 0 Å². The predicted molar refractivity (Wildman–Crippen MR) is 178 cm³/mol. The van der Waals surface area contributed by atoms with Crippen molar-refractivity contribution in [2.24, 2.45) is 29.0 Å². The molecule has 0 aliphatic rings. The second kappa shape index (κ2) is 21.9. The molecular weight excluding hydrogens is 673 g/mol. The Morgan fingerprint density at radius 2 is 1.53 bits per heavy atom. The fourth-order valence-corrected chi connectivity index (χ4v) is 7.49. The summed E-state index contributed by atoms with van der Waals surface area (Å²) in [6.45, 7) is 4.08. The van der Waals surface area contributed by atoms with E-state index in [2.05, 4.69) is 16.0 Å². The van der Waals surface area contributed by atoms with Gasteiger partial charge in [0.25, 0.3) is 0 Å². The van der Waals surface area contributed by atoms with Crippen molar-refractivity contribution >= 4 is 55.8 Å². The third kappa shape index (κ3) is 16.5. The van der Waals surface area contributed by atoms with E-state index < -0.39 is 90.9 Å². The average molecular weight is 724 g/mol. The number of aliphatic carboxylic acids is 2. The monoisotopic (exact) mass is 723 g/mol. The van der Waals surface area contributed by atoms with E-state index in [1.54, 1.807) is 44.2 Å². The van der Waals surface area contributed by atoms with Gasteiger partial charge in [-0.3, -0.25) is 0 Å². The second-order valence-electron chi connectivity index (χ2n) is 11.7. The zero-order valence-corrected chi connectivity index (χ0v) is 29.1. The third-order valence-electron chi connectivity index (χ3n) is 7.47. The SMILES string of the molecule is CC(C)C(CC(=O)[C@H](CC(=O)O)[AsH]C(=O)[C@H](CCCCN)NC(=O)[C@@H](N)CCCNC(=N)N)C(=O)N[C@@H](Cc1ccccc1)C(=O)O. The molecule has 1 aromatic rings. The molecule has 15 nitrogen and oxygen atoms in total. The van der Waals surface area contributed by atoms with Gasteiger partial charge in [0.15, 0.2) is 0 Å². The van der Waals surface area contributed by atoms with Crippen LogP contribution < -0.4 is 33.2 Å². The topological polar surface area (TPSA) is 281 Å². The molecule has 12 N–H and O–H groups in total. The predicted octanol–water partition coefficient (Wildman–Crippen LogP) is -0.539. The van der Waals surface area contributed by atoms with Gasteiger partial charge < -0.3 is 0 Å². The Bertz CT molecular complexity index is 1220. The molecule has 0 bridgehead atoms. The van der Waals surface area contributed by atoms with Gasteiger partial charge in [-0.25, -0.2) is 0 Å². The Kier molecular flexibility index (Phi) is 19.2. The van der Waals surface area contributed by atoms with Crippen LogP contribution in [0.4, 0.5) is 0 Å². The van der Waals surface area contributed by atoms with E-state index in [4.69, 9.17) is 22.6 Å². The van der Waals surface area contributed by atoms with Crippen LogP contribution in [-0.2, 0) is 35.2 Å². The molecule has 47 heavy (non-hydrogen) atoms. The van der Waals surface area contributed by atoms with Crippen LogP contribution in [0.2, 0.25) is 4.71 Å². The van der Waals surface area contributed by atoms with Gasteiger partial charge in [-0.1, -0.05) is 0 Å². The van der Waals surface area contributed by atoms with Crippen LogP contribution in [-0.4, -0.2) is 97.2 Å². The quantitative estimate of drug-likeness (QED) is 0.0282. The van der Waals surface area contributed by atoms with Gasteiger partial charge in [-0.05, 0) is 0 Å². The first-order valence-corrected chi connectivity index (χ1v) is 17.9. The summed E-state index contributed by atoms with van der Waals surface area (Å²) in [5, 5.41) is 34.3. The molecule has 0 spiro atoms. The van der Waals surface area contributed by atoms with Crippen molar-refractivity contribution in [2.75, 3.05) is 13.1 Å². The van der Waals surface area contributed by atoms with Crippen molar-refractivity contribution in [3.05, 3.63) is 35.9 Å². The first-order valence-electron chi connectivity index (χ1n) is 15.6. The van der Waals surface area contributed by atoms with Crippen LogP contribution in [0, 0.1) is 17.2 Å². The van der Waals surface area contributed by atoms with E-state index in [1.807, 2.05) is 0 Å². The number of hydrogen-bond donors (Lipinski definition) is 9. The van der Waals surface area contributed by atoms with Gasteiger partial charge in [-0.15, -0.1) is 0 Å². The summed E-state index contributed by atoms with van der Waals surface area (Å²) in [5.41, 5.74) is 17.5. The Morgan fingerprint density at radius 1 is 0.894 bits per heavy atom. The number of ketones is 1. The van der Waals surface area contributed by atoms with E-state index in [0.717, 1.165) is 0 Å². The normalized spacial score (nSPS) is 14.5. The Balaban J connectivity index is 3.05. The van der Waals surface area contributed by atoms with Gasteiger partial charge in [0.2, 0.25) is 0 Å². The van der Waals surface area contributed by atoms with Gasteiger partial charge in [0, 0.05) is 0 Å². The summed E-state index contributed by atoms with van der Waals surface area (Å²) < 4.78 is -1.59. The Hall–Kier alpha value is -3.81. The van der Waals surface area contributed by atoms with E-state index in [9.17, 15) is 39.0 Å². The average Bonchev–Trinajstić information content (AvgIpc) is 3.00. The zero-order valence-electron chi connectivity index (χ0n) is 27.0. The molecule has 1 rings (SSSR count). The van der Waals surface area contributed by atoms with E-state index >= 15 is 0 Å². The summed E-state index contributed by atoms with van der Waals surface area (Å²) >= 11 is -1.95. The van der Waals surface area contributed by atoms with Crippen LogP contribution in [0.5, 0.6) is 0 Å². The van der Waals surface area contributed by atoms with E-state index in [0.29, 0.717) is 37.9 Å². The van der Waals surface area contributed by atoms with Crippen LogP contribution >= 0.6 is 0 Å². The minimum absolute atomic E-state index is 0.0270. The number of guanidine groups is 1. The standard InChI is InChI=1S/C31H50AsN7O8/c1-18(2)20(28(44)39-24(30(46)47)15-19-9-4-3-5-10-19)16-25(40)21(17-26(41)42)32-27(43)23(12-6-7-13-33)38-29(45)22(34)11-8-14-37-31(35)36/h3-5,9-10,18,20-24,32H,6-8,11-17,33-34H2,1-2H3,(H,38,45)(H,39,44)(H,41,42)(H,46,47)(H4,35,36,37)/t20?,21-,22-,23-,24-/m0/s1. The number of carbonyl (C=O) groups excluding carboxylic acids is 4. The molecule has 0 saturated heterocycles. The fraction of sp³-hybridized carbons (Fsp3) is 0.581. The zero-order chi connectivity index (χ0) is 35.5. The number of nitrogens with one attached hydrogen (secondary N) is 4. The molecule has 0 aliphatic carbocycles. The molecule has 0 aromatic heterocycles. The number of unbranched alkanes of at least 4 members (excludes halogenated alkanes) is 1. The summed E-state index contributed by atoms with van der Waals surface area (Å²) in [7, 11) is 0. The first kappa shape index (κ1) is 41.2. The number of Topliss-reactive ketones (excluding diaryl/α,β-unsaturated/α-hetero) is 1. The summed E-state index contributed by atoms with van der Waals surface area (Å²) in [6, 6.07) is 5.55. The van der Waals surface area contributed by atoms with Crippen molar-refractivity contribution in [1.82, 2.24) is 16.0 Å². The van der Waals surface area contributed by atoms with Crippen molar-refractivity contribution in [3.8, 4) is 0 Å². The first-order chi connectivity index (χ1) is 22.2. The number of carboxylic acids is 2. The molecular formula is C31H50AsN7O8. The second-order valence-corrected chi connectivity index (χ2v) is 14.8. The number of hydrogen-bond acceptors (Lipinski definition) is 9. The van der Waals surface area contributed by atoms with Crippen LogP contribution in [0.1, 0.15) is 64.4 Å². The number of benzene rings is 1. The summed E-state index contributed by atoms with van der Waals surface area (Å²) in [4.78, 5) is 76.8. The number of carbonyl (C=O) groups is 6. The van der Waals surface area contributed by atoms with Gasteiger partial charge in [0.1, 0.15) is 0 Å². The maximum atomic E-state index is 13.5. The molecule has 0 heterocycles. The van der Waals surface area contributed by atoms with Crippen molar-refractivity contribution < 1.29 is 39.0 Å².